The van der Waals surface area contributed by atoms with Crippen LogP contribution in [0.1, 0.15) is 57.3 Å². The van der Waals surface area contributed by atoms with E-state index in [0.29, 0.717) is 12.6 Å². The molecule has 1 saturated carbocycles. The van der Waals surface area contributed by atoms with Crippen LogP contribution in [0.25, 0.3) is 0 Å². The van der Waals surface area contributed by atoms with Gasteiger partial charge in [0.2, 0.25) is 0 Å². The number of hydrogen-bond donors (Lipinski definition) is 1. The van der Waals surface area contributed by atoms with Crippen LogP contribution in [0.15, 0.2) is 6.20 Å². The monoisotopic (exact) mass is 276 g/mol. The molecule has 2 aliphatic rings. The number of aromatic nitrogens is 2. The first-order valence-corrected chi connectivity index (χ1v) is 7.90. The summed E-state index contributed by atoms with van der Waals surface area (Å²) in [4.78, 5) is 2.65. The van der Waals surface area contributed by atoms with E-state index in [1.165, 1.54) is 37.1 Å². The Hall–Kier alpha value is -0.870. The van der Waals surface area contributed by atoms with Gasteiger partial charge < -0.3 is 5.73 Å². The second kappa shape index (κ2) is 4.85. The molecule has 20 heavy (non-hydrogen) atoms. The zero-order valence-corrected chi connectivity index (χ0v) is 13.3. The van der Waals surface area contributed by atoms with Crippen LogP contribution in [-0.4, -0.2) is 33.8 Å². The third-order valence-electron chi connectivity index (χ3n) is 5.00. The van der Waals surface area contributed by atoms with E-state index < -0.39 is 0 Å². The molecule has 2 heterocycles. The number of piperidine rings is 1. The predicted octanol–water partition coefficient (Wildman–Crippen LogP) is 2.20. The molecule has 112 valence electrons. The average molecular weight is 276 g/mol. The van der Waals surface area contributed by atoms with Gasteiger partial charge in [0.1, 0.15) is 0 Å². The Morgan fingerprint density at radius 2 is 2.15 bits per heavy atom. The van der Waals surface area contributed by atoms with Crippen LogP contribution < -0.4 is 5.73 Å². The Labute approximate surface area is 122 Å². The van der Waals surface area contributed by atoms with Crippen molar-refractivity contribution >= 4 is 0 Å². The Morgan fingerprint density at radius 1 is 1.40 bits per heavy atom. The smallest absolute Gasteiger partial charge is 0.0726 e. The molecule has 2 bridgehead atoms. The van der Waals surface area contributed by atoms with Crippen molar-refractivity contribution in [3.63, 3.8) is 0 Å². The van der Waals surface area contributed by atoms with Crippen LogP contribution in [0.2, 0.25) is 0 Å². The van der Waals surface area contributed by atoms with Crippen LogP contribution in [0.3, 0.4) is 0 Å². The van der Waals surface area contributed by atoms with Crippen molar-refractivity contribution in [2.24, 2.45) is 18.7 Å². The number of fused-ring (bicyclic) bond motifs is 2. The summed E-state index contributed by atoms with van der Waals surface area (Å²) in [5.41, 5.74) is 8.78. The maximum atomic E-state index is 6.16. The molecule has 2 N–H and O–H groups in total. The molecule has 0 radical (unpaired) electrons. The Morgan fingerprint density at radius 3 is 2.65 bits per heavy atom. The molecule has 4 heteroatoms. The first-order valence-electron chi connectivity index (χ1n) is 7.90. The van der Waals surface area contributed by atoms with Crippen LogP contribution in [-0.2, 0) is 12.5 Å². The lowest BCUT2D eigenvalue weighted by Gasteiger charge is -2.35. The van der Waals surface area contributed by atoms with E-state index in [1.54, 1.807) is 0 Å². The summed E-state index contributed by atoms with van der Waals surface area (Å²) in [6, 6.07) is 1.09. The van der Waals surface area contributed by atoms with Gasteiger partial charge in [0.25, 0.3) is 0 Å². The minimum Gasteiger partial charge on any atom is -0.329 e. The fourth-order valence-corrected chi connectivity index (χ4v) is 4.12. The van der Waals surface area contributed by atoms with E-state index in [-0.39, 0.29) is 5.41 Å². The molecule has 1 aromatic rings. The lowest BCUT2D eigenvalue weighted by Crippen LogP contribution is -2.40. The van der Waals surface area contributed by atoms with Crippen LogP contribution >= 0.6 is 0 Å². The highest BCUT2D eigenvalue weighted by Gasteiger charge is 2.42. The van der Waals surface area contributed by atoms with E-state index in [4.69, 9.17) is 10.8 Å². The van der Waals surface area contributed by atoms with Crippen molar-refractivity contribution < 1.29 is 0 Å². The molecule has 2 fully saturated rings. The largest absolute Gasteiger partial charge is 0.329 e. The molecule has 0 amide bonds. The van der Waals surface area contributed by atoms with Crippen LogP contribution in [0.5, 0.6) is 0 Å². The van der Waals surface area contributed by atoms with Gasteiger partial charge in [-0.1, -0.05) is 20.8 Å². The predicted molar refractivity (Wildman–Crippen MR) is 81.5 cm³/mol. The van der Waals surface area contributed by atoms with E-state index in [1.807, 2.05) is 11.7 Å². The molecule has 1 aliphatic carbocycles. The molecule has 1 aliphatic heterocycles. The number of hydrogen-bond acceptors (Lipinski definition) is 3. The third-order valence-corrected chi connectivity index (χ3v) is 5.00. The summed E-state index contributed by atoms with van der Waals surface area (Å²) in [5.74, 6) is 0.906. The van der Waals surface area contributed by atoms with E-state index in [9.17, 15) is 0 Å². The highest BCUT2D eigenvalue weighted by Crippen LogP contribution is 2.43. The molecule has 3 rings (SSSR count). The second-order valence-electron chi connectivity index (χ2n) is 7.64. The van der Waals surface area contributed by atoms with Gasteiger partial charge in [0, 0.05) is 43.4 Å². The quantitative estimate of drug-likeness (QED) is 0.920. The van der Waals surface area contributed by atoms with Crippen molar-refractivity contribution in [2.45, 2.75) is 57.5 Å². The molecule has 1 aromatic heterocycles. The number of aryl methyl sites for hydroxylation is 1. The van der Waals surface area contributed by atoms with E-state index >= 15 is 0 Å². The van der Waals surface area contributed by atoms with Gasteiger partial charge in [0.05, 0.1) is 11.7 Å². The van der Waals surface area contributed by atoms with Crippen molar-refractivity contribution in [1.29, 1.82) is 0 Å². The zero-order chi connectivity index (χ0) is 14.5. The van der Waals surface area contributed by atoms with E-state index in [0.717, 1.165) is 12.0 Å². The molecule has 4 nitrogen and oxygen atoms in total. The zero-order valence-electron chi connectivity index (χ0n) is 13.3. The minimum atomic E-state index is 0.0722. The molecule has 3 atom stereocenters. The first-order chi connectivity index (χ1) is 9.40. The molecule has 0 spiro atoms. The normalized spacial score (nSPS) is 28.2. The highest BCUT2D eigenvalue weighted by atomic mass is 15.3. The molecule has 0 aromatic carbocycles. The van der Waals surface area contributed by atoms with Gasteiger partial charge in [-0.3, -0.25) is 9.58 Å². The Bertz CT molecular complexity index is 485. The lowest BCUT2D eigenvalue weighted by atomic mass is 9.87. The maximum absolute atomic E-state index is 6.16. The molecule has 3 unspecified atom stereocenters. The lowest BCUT2D eigenvalue weighted by molar-refractivity contribution is 0.151. The Kier molecular flexibility index (Phi) is 3.41. The topological polar surface area (TPSA) is 47.1 Å². The van der Waals surface area contributed by atoms with Gasteiger partial charge in [-0.15, -0.1) is 0 Å². The van der Waals surface area contributed by atoms with Crippen molar-refractivity contribution in [3.8, 4) is 0 Å². The first kappa shape index (κ1) is 14.1. The number of rotatable bonds is 3. The average Bonchev–Trinajstić information content (AvgIpc) is 3.04. The molecule has 1 saturated heterocycles. The van der Waals surface area contributed by atoms with E-state index in [2.05, 4.69) is 31.9 Å². The van der Waals surface area contributed by atoms with Gasteiger partial charge >= 0.3 is 0 Å². The number of likely N-dealkylation sites (tertiary alicyclic amines) is 1. The van der Waals surface area contributed by atoms with Crippen molar-refractivity contribution in [1.82, 2.24) is 14.7 Å². The summed E-state index contributed by atoms with van der Waals surface area (Å²) in [5, 5.41) is 4.72. The standard InChI is InChI=1S/C16H28N4/c1-16(2,3)15-13(10-19(4)18-15)14(8-17)20-9-11-5-6-12(20)7-11/h10-12,14H,5-9,17H2,1-4H3. The summed E-state index contributed by atoms with van der Waals surface area (Å²) < 4.78 is 1.95. The number of nitrogens with zero attached hydrogens (tertiary/aromatic N) is 3. The van der Waals surface area contributed by atoms with Gasteiger partial charge in [0.15, 0.2) is 0 Å². The third kappa shape index (κ3) is 2.29. The van der Waals surface area contributed by atoms with Crippen LogP contribution in [0, 0.1) is 5.92 Å². The SMILES string of the molecule is Cn1cc(C(CN)N2CC3CCC2C3)c(C(C)(C)C)n1. The van der Waals surface area contributed by atoms with Crippen molar-refractivity contribution in [2.75, 3.05) is 13.1 Å². The highest BCUT2D eigenvalue weighted by molar-refractivity contribution is 5.28. The van der Waals surface area contributed by atoms with Crippen LogP contribution in [0.4, 0.5) is 0 Å². The maximum Gasteiger partial charge on any atom is 0.0726 e. The summed E-state index contributed by atoms with van der Waals surface area (Å²) in [6.07, 6.45) is 6.33. The van der Waals surface area contributed by atoms with Gasteiger partial charge in [-0.25, -0.2) is 0 Å². The fourth-order valence-electron chi connectivity index (χ4n) is 4.12. The summed E-state index contributed by atoms with van der Waals surface area (Å²) >= 11 is 0. The molecular weight excluding hydrogens is 248 g/mol. The molecular formula is C16H28N4. The van der Waals surface area contributed by atoms with Gasteiger partial charge in [-0.05, 0) is 25.2 Å². The Balaban J connectivity index is 1.94. The number of nitrogens with two attached hydrogens (primary N) is 1. The second-order valence-corrected chi connectivity index (χ2v) is 7.64. The summed E-state index contributed by atoms with van der Waals surface area (Å²) in [6.45, 7) is 8.64. The summed E-state index contributed by atoms with van der Waals surface area (Å²) in [7, 11) is 2.02. The minimum absolute atomic E-state index is 0.0722. The fraction of sp³-hybridized carbons (Fsp3) is 0.812. The van der Waals surface area contributed by atoms with Gasteiger partial charge in [-0.2, -0.15) is 5.10 Å². The van der Waals surface area contributed by atoms with Crippen molar-refractivity contribution in [3.05, 3.63) is 17.5 Å².